The van der Waals surface area contributed by atoms with Gasteiger partial charge in [-0.2, -0.15) is 0 Å². The molecule has 6 heteroatoms. The Morgan fingerprint density at radius 3 is 2.38 bits per heavy atom. The molecule has 0 spiro atoms. The van der Waals surface area contributed by atoms with Crippen LogP contribution in [-0.2, 0) is 0 Å². The molecule has 1 heterocycles. The fraction of sp³-hybridized carbons (Fsp3) is 0. The molecule has 0 fully saturated rings. The van der Waals surface area contributed by atoms with Gasteiger partial charge in [0, 0.05) is 10.3 Å². The van der Waals surface area contributed by atoms with Crippen LogP contribution in [0.3, 0.4) is 0 Å². The van der Waals surface area contributed by atoms with Gasteiger partial charge in [-0.3, -0.25) is 10.1 Å². The SMILES string of the molecule is O=c1oc2ccccc2c(Sc2ccccc2)c1[N+](=O)[O-]. The molecule has 104 valence electrons. The van der Waals surface area contributed by atoms with Crippen molar-refractivity contribution in [2.45, 2.75) is 9.79 Å². The van der Waals surface area contributed by atoms with Crippen LogP contribution in [0.2, 0.25) is 0 Å². The minimum absolute atomic E-state index is 0.304. The summed E-state index contributed by atoms with van der Waals surface area (Å²) in [5.74, 6) is 0. The lowest BCUT2D eigenvalue weighted by Gasteiger charge is -2.05. The molecule has 5 nitrogen and oxygen atoms in total. The zero-order chi connectivity index (χ0) is 14.8. The Hall–Kier alpha value is -2.60. The molecule has 0 N–H and O–H groups in total. The first kappa shape index (κ1) is 13.4. The fourth-order valence-corrected chi connectivity index (χ4v) is 3.04. The van der Waals surface area contributed by atoms with Gasteiger partial charge < -0.3 is 4.42 Å². The van der Waals surface area contributed by atoms with E-state index in [-0.39, 0.29) is 0 Å². The van der Waals surface area contributed by atoms with Crippen LogP contribution >= 0.6 is 11.8 Å². The maximum absolute atomic E-state index is 11.9. The summed E-state index contributed by atoms with van der Waals surface area (Å²) < 4.78 is 5.02. The van der Waals surface area contributed by atoms with E-state index in [2.05, 4.69) is 0 Å². The number of nitro groups is 1. The number of benzene rings is 2. The summed E-state index contributed by atoms with van der Waals surface area (Å²) in [7, 11) is 0. The van der Waals surface area contributed by atoms with Crippen molar-refractivity contribution in [2.75, 3.05) is 0 Å². The number of fused-ring (bicyclic) bond motifs is 1. The maximum atomic E-state index is 11.9. The molecule has 0 saturated carbocycles. The molecular formula is C15H9NO4S. The zero-order valence-corrected chi connectivity index (χ0v) is 11.5. The summed E-state index contributed by atoms with van der Waals surface area (Å²) in [6, 6.07) is 16.0. The van der Waals surface area contributed by atoms with Crippen molar-refractivity contribution >= 4 is 28.4 Å². The highest BCUT2D eigenvalue weighted by Crippen LogP contribution is 2.37. The first-order chi connectivity index (χ1) is 10.2. The second-order valence-electron chi connectivity index (χ2n) is 4.24. The van der Waals surface area contributed by atoms with E-state index in [0.29, 0.717) is 15.9 Å². The molecule has 21 heavy (non-hydrogen) atoms. The average molecular weight is 299 g/mol. The smallest absolute Gasteiger partial charge is 0.416 e. The Morgan fingerprint density at radius 2 is 1.67 bits per heavy atom. The standard InChI is InChI=1S/C15H9NO4S/c17-15-13(16(18)19)14(21-10-6-2-1-3-7-10)11-8-4-5-9-12(11)20-15/h1-9H. The molecule has 1 aromatic heterocycles. The summed E-state index contributed by atoms with van der Waals surface area (Å²) in [4.78, 5) is 23.5. The number of para-hydroxylation sites is 1. The fourth-order valence-electron chi connectivity index (χ4n) is 1.98. The van der Waals surface area contributed by atoms with Crippen molar-refractivity contribution in [1.29, 1.82) is 0 Å². The van der Waals surface area contributed by atoms with E-state index in [1.807, 2.05) is 30.3 Å². The molecule has 0 aliphatic carbocycles. The third-order valence-corrected chi connectivity index (χ3v) is 4.01. The lowest BCUT2D eigenvalue weighted by Crippen LogP contribution is -2.08. The summed E-state index contributed by atoms with van der Waals surface area (Å²) in [5, 5.41) is 11.8. The van der Waals surface area contributed by atoms with E-state index in [9.17, 15) is 14.9 Å². The molecule has 2 aromatic carbocycles. The van der Waals surface area contributed by atoms with Gasteiger partial charge >= 0.3 is 11.3 Å². The maximum Gasteiger partial charge on any atom is 0.416 e. The Morgan fingerprint density at radius 1 is 1.00 bits per heavy atom. The highest BCUT2D eigenvalue weighted by molar-refractivity contribution is 7.99. The van der Waals surface area contributed by atoms with Crippen LogP contribution in [0.4, 0.5) is 5.69 Å². The van der Waals surface area contributed by atoms with E-state index in [4.69, 9.17) is 4.42 Å². The van der Waals surface area contributed by atoms with E-state index >= 15 is 0 Å². The third-order valence-electron chi connectivity index (χ3n) is 2.89. The molecule has 0 bridgehead atoms. The molecular weight excluding hydrogens is 290 g/mol. The van der Waals surface area contributed by atoms with Gasteiger partial charge in [0.05, 0.1) is 4.92 Å². The first-order valence-corrected chi connectivity index (χ1v) is 6.91. The van der Waals surface area contributed by atoms with E-state index in [1.165, 1.54) is 11.8 Å². The predicted molar refractivity (Wildman–Crippen MR) is 79.7 cm³/mol. The number of nitrogens with zero attached hydrogens (tertiary/aromatic N) is 1. The summed E-state index contributed by atoms with van der Waals surface area (Å²) in [6.45, 7) is 0. The molecule has 0 aliphatic heterocycles. The van der Waals surface area contributed by atoms with Crippen LogP contribution in [0, 0.1) is 10.1 Å². The van der Waals surface area contributed by atoms with Gasteiger partial charge in [-0.05, 0) is 24.3 Å². The van der Waals surface area contributed by atoms with Crippen LogP contribution in [0.15, 0.2) is 73.6 Å². The van der Waals surface area contributed by atoms with Crippen molar-refractivity contribution < 1.29 is 9.34 Å². The van der Waals surface area contributed by atoms with Crippen molar-refractivity contribution in [2.24, 2.45) is 0 Å². The molecule has 0 unspecified atom stereocenters. The van der Waals surface area contributed by atoms with Crippen LogP contribution in [0.25, 0.3) is 11.0 Å². The van der Waals surface area contributed by atoms with Gasteiger partial charge in [0.15, 0.2) is 0 Å². The Kier molecular flexibility index (Phi) is 3.45. The average Bonchev–Trinajstić information content (AvgIpc) is 2.47. The molecule has 0 amide bonds. The van der Waals surface area contributed by atoms with E-state index < -0.39 is 16.2 Å². The second-order valence-corrected chi connectivity index (χ2v) is 5.32. The highest BCUT2D eigenvalue weighted by atomic mass is 32.2. The minimum atomic E-state index is -0.933. The van der Waals surface area contributed by atoms with Gasteiger partial charge in [0.1, 0.15) is 10.5 Å². The van der Waals surface area contributed by atoms with Crippen LogP contribution in [0.5, 0.6) is 0 Å². The van der Waals surface area contributed by atoms with Crippen molar-refractivity contribution in [3.8, 4) is 0 Å². The monoisotopic (exact) mass is 299 g/mol. The van der Waals surface area contributed by atoms with E-state index in [0.717, 1.165) is 4.90 Å². The molecule has 0 radical (unpaired) electrons. The molecule has 3 aromatic rings. The van der Waals surface area contributed by atoms with Crippen molar-refractivity contribution in [3.05, 3.63) is 75.1 Å². The van der Waals surface area contributed by atoms with E-state index in [1.54, 1.807) is 24.3 Å². The normalized spacial score (nSPS) is 10.7. The first-order valence-electron chi connectivity index (χ1n) is 6.10. The summed E-state index contributed by atoms with van der Waals surface area (Å²) in [5.41, 5.74) is -1.12. The van der Waals surface area contributed by atoms with Gasteiger partial charge in [-0.1, -0.05) is 42.1 Å². The van der Waals surface area contributed by atoms with Crippen molar-refractivity contribution in [1.82, 2.24) is 0 Å². The lowest BCUT2D eigenvalue weighted by molar-refractivity contribution is -0.390. The topological polar surface area (TPSA) is 73.3 Å². The summed E-state index contributed by atoms with van der Waals surface area (Å²) in [6.07, 6.45) is 0. The van der Waals surface area contributed by atoms with Crippen LogP contribution in [0.1, 0.15) is 0 Å². The quantitative estimate of drug-likeness (QED) is 0.417. The van der Waals surface area contributed by atoms with Gasteiger partial charge in [0.25, 0.3) is 0 Å². The Bertz CT molecular complexity index is 874. The molecule has 0 atom stereocenters. The molecule has 3 rings (SSSR count). The number of hydrogen-bond donors (Lipinski definition) is 0. The Labute approximate surface area is 123 Å². The van der Waals surface area contributed by atoms with Crippen LogP contribution in [-0.4, -0.2) is 4.92 Å². The minimum Gasteiger partial charge on any atom is -0.418 e. The third kappa shape index (κ3) is 2.53. The van der Waals surface area contributed by atoms with Crippen molar-refractivity contribution in [3.63, 3.8) is 0 Å². The number of rotatable bonds is 3. The summed E-state index contributed by atoms with van der Waals surface area (Å²) >= 11 is 1.18. The molecule has 0 saturated heterocycles. The largest absolute Gasteiger partial charge is 0.418 e. The highest BCUT2D eigenvalue weighted by Gasteiger charge is 2.25. The Balaban J connectivity index is 2.29. The van der Waals surface area contributed by atoms with Crippen LogP contribution < -0.4 is 5.63 Å². The molecule has 0 aliphatic rings. The number of hydrogen-bond acceptors (Lipinski definition) is 5. The zero-order valence-electron chi connectivity index (χ0n) is 10.7. The second kappa shape index (κ2) is 5.41. The predicted octanol–water partition coefficient (Wildman–Crippen LogP) is 3.85. The van der Waals surface area contributed by atoms with Gasteiger partial charge in [0.2, 0.25) is 0 Å². The lowest BCUT2D eigenvalue weighted by atomic mass is 10.2. The van der Waals surface area contributed by atoms with Gasteiger partial charge in [-0.25, -0.2) is 4.79 Å². The van der Waals surface area contributed by atoms with Gasteiger partial charge in [-0.15, -0.1) is 0 Å².